The van der Waals surface area contributed by atoms with Crippen molar-refractivity contribution in [2.24, 2.45) is 0 Å². The van der Waals surface area contributed by atoms with Crippen molar-refractivity contribution in [1.29, 1.82) is 0 Å². The van der Waals surface area contributed by atoms with Gasteiger partial charge in [0.1, 0.15) is 10.8 Å². The summed E-state index contributed by atoms with van der Waals surface area (Å²) in [6.45, 7) is 0.338. The van der Waals surface area contributed by atoms with Gasteiger partial charge in [-0.25, -0.2) is 9.78 Å². The summed E-state index contributed by atoms with van der Waals surface area (Å²) in [5, 5.41) is 7.82. The van der Waals surface area contributed by atoms with E-state index in [-0.39, 0.29) is 12.5 Å². The lowest BCUT2D eigenvalue weighted by Crippen LogP contribution is -2.52. The molecule has 0 aliphatic carbocycles. The number of methoxy groups -OCH3 is 1. The number of nitrogens with one attached hydrogen (secondary N) is 2. The summed E-state index contributed by atoms with van der Waals surface area (Å²) >= 11 is 1.51. The van der Waals surface area contributed by atoms with Gasteiger partial charge < -0.3 is 15.0 Å². The molecule has 156 valence electrons. The highest BCUT2D eigenvalue weighted by Crippen LogP contribution is 2.33. The smallest absolute Gasteiger partial charge is 0.322 e. The number of fused-ring (bicyclic) bond motifs is 1. The average Bonchev–Trinajstić information content (AvgIpc) is 3.48. The Bertz CT molecular complexity index is 1190. The Morgan fingerprint density at radius 2 is 1.97 bits per heavy atom. The van der Waals surface area contributed by atoms with Crippen LogP contribution in [0.1, 0.15) is 21.5 Å². The van der Waals surface area contributed by atoms with Gasteiger partial charge in [-0.1, -0.05) is 24.3 Å². The minimum absolute atomic E-state index is 0.0109. The number of aromatic nitrogens is 1. The number of urea groups is 1. The van der Waals surface area contributed by atoms with Gasteiger partial charge in [0, 0.05) is 29.2 Å². The number of ether oxygens (including phenoxy) is 1. The molecule has 31 heavy (non-hydrogen) atoms. The Morgan fingerprint density at radius 1 is 1.16 bits per heavy atom. The largest absolute Gasteiger partial charge is 0.497 e. The van der Waals surface area contributed by atoms with Crippen LogP contribution in [-0.4, -0.2) is 41.4 Å². The fourth-order valence-electron chi connectivity index (χ4n) is 4.06. The Morgan fingerprint density at radius 3 is 2.61 bits per heavy atom. The molecule has 3 heterocycles. The van der Waals surface area contributed by atoms with Crippen molar-refractivity contribution >= 4 is 29.2 Å². The number of carbonyl (C=O) groups excluding carboxylic acids is 3. The first kappa shape index (κ1) is 19.3. The fraction of sp³-hybridized carbons (Fsp3) is 0.182. The van der Waals surface area contributed by atoms with Crippen molar-refractivity contribution in [3.05, 3.63) is 70.7 Å². The molecule has 0 saturated carbocycles. The van der Waals surface area contributed by atoms with Gasteiger partial charge in [0.05, 0.1) is 13.7 Å². The van der Waals surface area contributed by atoms with Crippen molar-refractivity contribution < 1.29 is 19.1 Å². The molecule has 3 aromatic rings. The van der Waals surface area contributed by atoms with Crippen LogP contribution in [0.5, 0.6) is 5.75 Å². The van der Waals surface area contributed by atoms with Crippen LogP contribution in [0.15, 0.2) is 54.0 Å². The highest BCUT2D eigenvalue weighted by molar-refractivity contribution is 7.13. The summed E-state index contributed by atoms with van der Waals surface area (Å²) in [7, 11) is 1.57. The molecule has 4 amide bonds. The minimum Gasteiger partial charge on any atom is -0.497 e. The molecule has 2 aliphatic rings. The Labute approximate surface area is 181 Å². The van der Waals surface area contributed by atoms with Gasteiger partial charge in [-0.2, -0.15) is 0 Å². The molecule has 8 nitrogen and oxygen atoms in total. The van der Waals surface area contributed by atoms with Gasteiger partial charge in [-0.3, -0.25) is 14.9 Å². The zero-order valence-electron chi connectivity index (χ0n) is 16.5. The van der Waals surface area contributed by atoms with Crippen LogP contribution in [0.2, 0.25) is 0 Å². The first-order chi connectivity index (χ1) is 15.0. The van der Waals surface area contributed by atoms with Crippen molar-refractivity contribution in [2.45, 2.75) is 12.1 Å². The molecule has 1 aromatic heterocycles. The fourth-order valence-corrected chi connectivity index (χ4v) is 4.70. The summed E-state index contributed by atoms with van der Waals surface area (Å²) < 4.78 is 5.25. The maximum Gasteiger partial charge on any atom is 0.322 e. The number of amides is 4. The van der Waals surface area contributed by atoms with Gasteiger partial charge in [0.25, 0.3) is 11.8 Å². The highest BCUT2D eigenvalue weighted by atomic mass is 32.1. The molecule has 2 N–H and O–H groups in total. The molecule has 0 radical (unpaired) electrons. The van der Waals surface area contributed by atoms with E-state index >= 15 is 0 Å². The number of nitrogens with zero attached hydrogens (tertiary/aromatic N) is 2. The van der Waals surface area contributed by atoms with E-state index in [0.717, 1.165) is 16.1 Å². The first-order valence-electron chi connectivity index (χ1n) is 9.60. The summed E-state index contributed by atoms with van der Waals surface area (Å²) in [5.74, 6) is -0.0148. The molecule has 0 bridgehead atoms. The normalized spacial score (nSPS) is 19.9. The van der Waals surface area contributed by atoms with E-state index < -0.39 is 17.5 Å². The molecule has 0 spiro atoms. The summed E-state index contributed by atoms with van der Waals surface area (Å²) in [4.78, 5) is 43.9. The Kier molecular flexibility index (Phi) is 4.48. The van der Waals surface area contributed by atoms with Crippen LogP contribution in [0, 0.1) is 0 Å². The molecule has 1 unspecified atom stereocenters. The second-order valence-electron chi connectivity index (χ2n) is 7.41. The van der Waals surface area contributed by atoms with Crippen molar-refractivity contribution in [3.8, 4) is 16.3 Å². The van der Waals surface area contributed by atoms with Crippen LogP contribution in [0.25, 0.3) is 10.6 Å². The number of benzene rings is 2. The van der Waals surface area contributed by atoms with Crippen LogP contribution in [0.4, 0.5) is 4.79 Å². The summed E-state index contributed by atoms with van der Waals surface area (Å²) in [5.41, 5.74) is 1.52. The number of carbonyl (C=O) groups is 3. The van der Waals surface area contributed by atoms with E-state index in [4.69, 9.17) is 4.74 Å². The molecule has 1 fully saturated rings. The monoisotopic (exact) mass is 434 g/mol. The lowest BCUT2D eigenvalue weighted by atomic mass is 9.88. The number of hydrogen-bond acceptors (Lipinski definition) is 6. The maximum absolute atomic E-state index is 13.0. The van der Waals surface area contributed by atoms with E-state index in [1.54, 1.807) is 42.5 Å². The third kappa shape index (κ3) is 3.14. The Hall–Kier alpha value is -3.72. The topological polar surface area (TPSA) is 101 Å². The van der Waals surface area contributed by atoms with Crippen molar-refractivity contribution in [2.75, 3.05) is 13.7 Å². The number of rotatable bonds is 5. The van der Waals surface area contributed by atoms with Crippen molar-refractivity contribution in [3.63, 3.8) is 0 Å². The lowest BCUT2D eigenvalue weighted by Gasteiger charge is -2.31. The summed E-state index contributed by atoms with van der Waals surface area (Å²) in [6, 6.07) is 12.0. The van der Waals surface area contributed by atoms with Crippen molar-refractivity contribution in [1.82, 2.24) is 20.5 Å². The van der Waals surface area contributed by atoms with E-state index in [9.17, 15) is 14.4 Å². The van der Waals surface area contributed by atoms with Crippen LogP contribution in [0.3, 0.4) is 0 Å². The maximum atomic E-state index is 13.0. The van der Waals surface area contributed by atoms with Crippen LogP contribution in [-0.2, 0) is 16.9 Å². The van der Waals surface area contributed by atoms with Gasteiger partial charge in [0.2, 0.25) is 0 Å². The predicted octanol–water partition coefficient (Wildman–Crippen LogP) is 2.51. The molecule has 5 rings (SSSR count). The predicted molar refractivity (Wildman–Crippen MR) is 114 cm³/mol. The molecule has 2 aliphatic heterocycles. The van der Waals surface area contributed by atoms with Gasteiger partial charge in [0.15, 0.2) is 5.54 Å². The van der Waals surface area contributed by atoms with E-state index in [1.165, 1.54) is 11.3 Å². The van der Waals surface area contributed by atoms with E-state index in [0.29, 0.717) is 23.4 Å². The average molecular weight is 434 g/mol. The zero-order valence-corrected chi connectivity index (χ0v) is 17.4. The van der Waals surface area contributed by atoms with Gasteiger partial charge in [-0.05, 0) is 29.3 Å². The van der Waals surface area contributed by atoms with E-state index in [1.807, 2.05) is 23.6 Å². The zero-order chi connectivity index (χ0) is 21.6. The van der Waals surface area contributed by atoms with Gasteiger partial charge >= 0.3 is 6.03 Å². The molecular formula is C22H18N4O4S. The van der Waals surface area contributed by atoms with Crippen LogP contribution >= 0.6 is 11.3 Å². The van der Waals surface area contributed by atoms with Gasteiger partial charge in [-0.15, -0.1) is 11.3 Å². The molecule has 2 aromatic carbocycles. The number of hydrogen-bond donors (Lipinski definition) is 2. The second kappa shape index (κ2) is 7.21. The second-order valence-corrected chi connectivity index (χ2v) is 8.31. The highest BCUT2D eigenvalue weighted by Gasteiger charge is 2.50. The third-order valence-electron chi connectivity index (χ3n) is 5.62. The Balaban J connectivity index is 1.48. The molecule has 1 atom stereocenters. The SMILES string of the molecule is COc1ccc2c(c1)CN(CC1(c3ccc(-c4nccs4)cc3)NC(=O)NC1=O)C2=O. The first-order valence-corrected chi connectivity index (χ1v) is 10.5. The van der Waals surface area contributed by atoms with Crippen LogP contribution < -0.4 is 15.4 Å². The molecule has 9 heteroatoms. The third-order valence-corrected chi connectivity index (χ3v) is 6.44. The molecule has 1 saturated heterocycles. The summed E-state index contributed by atoms with van der Waals surface area (Å²) in [6.07, 6.45) is 1.73. The lowest BCUT2D eigenvalue weighted by molar-refractivity contribution is -0.124. The quantitative estimate of drug-likeness (QED) is 0.601. The number of thiazole rings is 1. The minimum atomic E-state index is -1.37. The molecular weight excluding hydrogens is 416 g/mol. The van der Waals surface area contributed by atoms with E-state index in [2.05, 4.69) is 15.6 Å². The number of imide groups is 1. The standard InChI is InChI=1S/C22H18N4O4S/c1-30-16-6-7-17-14(10-16)11-26(19(17)27)12-22(20(28)24-21(29)25-22)15-4-2-13(3-5-15)18-23-8-9-31-18/h2-10H,11-12H2,1H3,(H2,24,25,28,29).